The Balaban J connectivity index is 1.75. The predicted octanol–water partition coefficient (Wildman–Crippen LogP) is 3.63. The molecule has 8 heteroatoms. The fraction of sp³-hybridized carbons (Fsp3) is 0.100. The summed E-state index contributed by atoms with van der Waals surface area (Å²) in [5.74, 6) is -1.68. The first kappa shape index (κ1) is 19.6. The van der Waals surface area contributed by atoms with Crippen LogP contribution in [0.1, 0.15) is 21.5 Å². The van der Waals surface area contributed by atoms with Gasteiger partial charge in [0.1, 0.15) is 34.5 Å². The summed E-state index contributed by atoms with van der Waals surface area (Å²) < 4.78 is 33.7. The molecule has 0 fully saturated rings. The summed E-state index contributed by atoms with van der Waals surface area (Å²) in [7, 11) is 0. The third-order valence-corrected chi connectivity index (χ3v) is 4.47. The Hall–Kier alpha value is -3.19. The van der Waals surface area contributed by atoms with Crippen molar-refractivity contribution in [3.8, 4) is 5.75 Å². The normalized spacial score (nSPS) is 10.7. The molecule has 0 saturated heterocycles. The first-order chi connectivity index (χ1) is 13.3. The number of aromatic nitrogens is 1. The number of nitrogens with zero attached hydrogens (tertiary/aromatic N) is 1. The maximum Gasteiger partial charge on any atom is 0.248 e. The van der Waals surface area contributed by atoms with Gasteiger partial charge in [0.25, 0.3) is 0 Å². The topological polar surface area (TPSA) is 81.1 Å². The average Bonchev–Trinajstić information content (AvgIpc) is 2.66. The van der Waals surface area contributed by atoms with Crippen molar-refractivity contribution in [1.29, 1.82) is 5.41 Å². The molecule has 0 spiro atoms. The minimum absolute atomic E-state index is 0.0118. The summed E-state index contributed by atoms with van der Waals surface area (Å²) in [6, 6.07) is 11.5. The molecule has 0 radical (unpaired) electrons. The van der Waals surface area contributed by atoms with Crippen molar-refractivity contribution in [2.75, 3.05) is 0 Å². The van der Waals surface area contributed by atoms with Crippen molar-refractivity contribution in [2.24, 2.45) is 5.73 Å². The van der Waals surface area contributed by atoms with Gasteiger partial charge in [-0.1, -0.05) is 23.7 Å². The summed E-state index contributed by atoms with van der Waals surface area (Å²) >= 11 is 6.21. The van der Waals surface area contributed by atoms with Gasteiger partial charge in [-0.2, -0.15) is 0 Å². The monoisotopic (exact) mass is 403 g/mol. The summed E-state index contributed by atoms with van der Waals surface area (Å²) in [6.45, 7) is 0.203. The van der Waals surface area contributed by atoms with E-state index >= 15 is 0 Å². The second kappa shape index (κ2) is 8.22. The van der Waals surface area contributed by atoms with E-state index < -0.39 is 17.5 Å². The van der Waals surface area contributed by atoms with Gasteiger partial charge in [-0.25, -0.2) is 8.78 Å². The third-order valence-electron chi connectivity index (χ3n) is 4.11. The van der Waals surface area contributed by atoms with Gasteiger partial charge >= 0.3 is 0 Å². The van der Waals surface area contributed by atoms with Crippen LogP contribution < -0.4 is 16.0 Å². The van der Waals surface area contributed by atoms with E-state index in [4.69, 9.17) is 27.5 Å². The van der Waals surface area contributed by atoms with Gasteiger partial charge in [-0.05, 0) is 35.9 Å². The molecule has 3 rings (SSSR count). The van der Waals surface area contributed by atoms with Crippen LogP contribution in [0.5, 0.6) is 5.75 Å². The number of halogens is 3. The van der Waals surface area contributed by atoms with Gasteiger partial charge in [0.05, 0.1) is 0 Å². The Morgan fingerprint density at radius 2 is 1.86 bits per heavy atom. The van der Waals surface area contributed by atoms with E-state index in [0.717, 1.165) is 17.7 Å². The van der Waals surface area contributed by atoms with Gasteiger partial charge in [-0.3, -0.25) is 10.2 Å². The smallest absolute Gasteiger partial charge is 0.248 e. The molecule has 1 heterocycles. The third kappa shape index (κ3) is 4.37. The lowest BCUT2D eigenvalue weighted by molar-refractivity contribution is 0.100. The lowest BCUT2D eigenvalue weighted by Crippen LogP contribution is -2.21. The van der Waals surface area contributed by atoms with Crippen molar-refractivity contribution >= 4 is 17.5 Å². The highest BCUT2D eigenvalue weighted by atomic mass is 35.5. The van der Waals surface area contributed by atoms with Gasteiger partial charge in [0, 0.05) is 29.9 Å². The lowest BCUT2D eigenvalue weighted by atomic mass is 10.1. The fourth-order valence-electron chi connectivity index (χ4n) is 2.56. The quantitative estimate of drug-likeness (QED) is 0.659. The van der Waals surface area contributed by atoms with Crippen molar-refractivity contribution < 1.29 is 18.3 Å². The zero-order chi connectivity index (χ0) is 20.3. The Morgan fingerprint density at radius 3 is 2.50 bits per heavy atom. The van der Waals surface area contributed by atoms with Crippen molar-refractivity contribution in [3.63, 3.8) is 0 Å². The van der Waals surface area contributed by atoms with Crippen LogP contribution in [0.3, 0.4) is 0 Å². The Morgan fingerprint density at radius 1 is 1.14 bits per heavy atom. The number of ether oxygens (including phenoxy) is 1. The summed E-state index contributed by atoms with van der Waals surface area (Å²) in [5, 5.41) is 8.27. The number of nitrogens with two attached hydrogens (primary N) is 1. The van der Waals surface area contributed by atoms with Crippen molar-refractivity contribution in [2.45, 2.75) is 13.2 Å². The highest BCUT2D eigenvalue weighted by molar-refractivity contribution is 6.31. The van der Waals surface area contributed by atoms with E-state index in [1.165, 1.54) is 6.07 Å². The molecule has 5 nitrogen and oxygen atoms in total. The largest absolute Gasteiger partial charge is 0.487 e. The SMILES string of the molecule is N=c1c(Cl)c(OCc2ccc(F)cc2F)ccn1Cc1ccc(C(N)=O)cc1. The van der Waals surface area contributed by atoms with E-state index in [2.05, 4.69) is 0 Å². The standard InChI is InChI=1S/C20H16ClF2N3O2/c21-18-17(28-11-14-5-6-15(22)9-16(14)23)7-8-26(19(18)24)10-12-1-3-13(4-2-12)20(25)27/h1-9,24H,10-11H2,(H2,25,27). The molecule has 3 aromatic rings. The number of primary amides is 1. The molecule has 144 valence electrons. The van der Waals surface area contributed by atoms with Crippen LogP contribution in [0.4, 0.5) is 8.78 Å². The molecule has 0 saturated carbocycles. The molecular formula is C20H16ClF2N3O2. The molecule has 28 heavy (non-hydrogen) atoms. The molecule has 0 aliphatic carbocycles. The average molecular weight is 404 g/mol. The van der Waals surface area contributed by atoms with E-state index in [-0.39, 0.29) is 28.4 Å². The molecule has 0 bridgehead atoms. The van der Waals surface area contributed by atoms with E-state index in [9.17, 15) is 13.6 Å². The van der Waals surface area contributed by atoms with Gasteiger partial charge < -0.3 is 15.0 Å². The van der Waals surface area contributed by atoms with Crippen LogP contribution in [0.25, 0.3) is 0 Å². The van der Waals surface area contributed by atoms with Crippen molar-refractivity contribution in [3.05, 3.63) is 93.6 Å². The van der Waals surface area contributed by atoms with Crippen LogP contribution in [0.2, 0.25) is 5.02 Å². The second-order valence-electron chi connectivity index (χ2n) is 6.06. The molecule has 2 aromatic carbocycles. The molecule has 1 aromatic heterocycles. The number of hydrogen-bond donors (Lipinski definition) is 2. The van der Waals surface area contributed by atoms with Crippen LogP contribution in [-0.4, -0.2) is 10.5 Å². The van der Waals surface area contributed by atoms with E-state index in [1.54, 1.807) is 41.1 Å². The number of hydrogen-bond acceptors (Lipinski definition) is 3. The predicted molar refractivity (Wildman–Crippen MR) is 100 cm³/mol. The maximum absolute atomic E-state index is 13.7. The molecule has 0 unspecified atom stereocenters. The zero-order valence-corrected chi connectivity index (χ0v) is 15.3. The maximum atomic E-state index is 13.7. The minimum Gasteiger partial charge on any atom is -0.487 e. The first-order valence-electron chi connectivity index (χ1n) is 8.24. The number of benzene rings is 2. The van der Waals surface area contributed by atoms with E-state index in [1.807, 2.05) is 0 Å². The van der Waals surface area contributed by atoms with Crippen LogP contribution >= 0.6 is 11.6 Å². The van der Waals surface area contributed by atoms with Crippen LogP contribution in [0.15, 0.2) is 54.7 Å². The zero-order valence-electron chi connectivity index (χ0n) is 14.6. The summed E-state index contributed by atoms with van der Waals surface area (Å²) in [6.07, 6.45) is 1.62. The summed E-state index contributed by atoms with van der Waals surface area (Å²) in [5.41, 5.74) is 6.65. The highest BCUT2D eigenvalue weighted by Gasteiger charge is 2.10. The molecule has 1 amide bonds. The van der Waals surface area contributed by atoms with Crippen LogP contribution in [0, 0.1) is 17.0 Å². The number of rotatable bonds is 6. The molecule has 3 N–H and O–H groups in total. The Kier molecular flexibility index (Phi) is 5.75. The number of pyridine rings is 1. The highest BCUT2D eigenvalue weighted by Crippen LogP contribution is 2.22. The van der Waals surface area contributed by atoms with Crippen LogP contribution in [-0.2, 0) is 13.2 Å². The van der Waals surface area contributed by atoms with Gasteiger partial charge in [0.15, 0.2) is 0 Å². The number of carbonyl (C=O) groups is 1. The van der Waals surface area contributed by atoms with Gasteiger partial charge in [0.2, 0.25) is 5.91 Å². The van der Waals surface area contributed by atoms with E-state index in [0.29, 0.717) is 12.1 Å². The molecule has 0 aliphatic rings. The minimum atomic E-state index is -0.715. The Labute approximate surface area is 164 Å². The molecular weight excluding hydrogens is 388 g/mol. The molecule has 0 aliphatic heterocycles. The lowest BCUT2D eigenvalue weighted by Gasteiger charge is -2.13. The Bertz CT molecular complexity index is 1080. The van der Waals surface area contributed by atoms with Crippen molar-refractivity contribution in [1.82, 2.24) is 4.57 Å². The van der Waals surface area contributed by atoms with Gasteiger partial charge in [-0.15, -0.1) is 0 Å². The fourth-order valence-corrected chi connectivity index (χ4v) is 2.78. The number of amides is 1. The second-order valence-corrected chi connectivity index (χ2v) is 6.43. The summed E-state index contributed by atoms with van der Waals surface area (Å²) in [4.78, 5) is 11.1. The number of nitrogens with one attached hydrogen (secondary N) is 1. The number of carbonyl (C=O) groups excluding carboxylic acids is 1. The molecule has 0 atom stereocenters. The first-order valence-corrected chi connectivity index (χ1v) is 8.62.